The van der Waals surface area contributed by atoms with E-state index >= 15 is 0 Å². The second kappa shape index (κ2) is 3.52. The molecule has 2 aromatic rings. The number of fused-ring (bicyclic) bond motifs is 1. The van der Waals surface area contributed by atoms with Gasteiger partial charge in [0.1, 0.15) is 0 Å². The summed E-state index contributed by atoms with van der Waals surface area (Å²) < 4.78 is 2.30. The molecule has 0 radical (unpaired) electrons. The molecule has 1 heterocycles. The zero-order valence-corrected chi connectivity index (χ0v) is 8.74. The number of benzene rings is 1. The van der Waals surface area contributed by atoms with E-state index in [4.69, 9.17) is 0 Å². The molecule has 0 atom stereocenters. The number of hydrogen-bond donors (Lipinski definition) is 0. The van der Waals surface area contributed by atoms with E-state index in [1.807, 2.05) is 30.5 Å². The van der Waals surface area contributed by atoms with Crippen LogP contribution in [0.25, 0.3) is 10.1 Å². The lowest BCUT2D eigenvalue weighted by Crippen LogP contribution is -1.76. The molecule has 0 unspecified atom stereocenters. The fourth-order valence-electron chi connectivity index (χ4n) is 1.31. The van der Waals surface area contributed by atoms with Crippen LogP contribution in [0.1, 0.15) is 10.4 Å². The van der Waals surface area contributed by atoms with Gasteiger partial charge < -0.3 is 0 Å². The van der Waals surface area contributed by atoms with E-state index in [1.54, 1.807) is 23.1 Å². The van der Waals surface area contributed by atoms with Crippen molar-refractivity contribution in [3.8, 4) is 0 Å². The first kappa shape index (κ1) is 8.78. The number of carbonyl (C=O) groups is 1. The van der Waals surface area contributed by atoms with Gasteiger partial charge in [0.15, 0.2) is 6.29 Å². The average molecular weight is 208 g/mol. The van der Waals surface area contributed by atoms with Crippen LogP contribution in [-0.2, 0) is 0 Å². The maximum Gasteiger partial charge on any atom is 0.152 e. The first-order valence-electron chi connectivity index (χ1n) is 3.87. The summed E-state index contributed by atoms with van der Waals surface area (Å²) in [5, 5.41) is 1.08. The second-order valence-corrected chi connectivity index (χ2v) is 4.75. The first-order valence-corrected chi connectivity index (χ1v) is 5.91. The van der Waals surface area contributed by atoms with Crippen LogP contribution >= 0.6 is 23.1 Å². The molecule has 0 aliphatic rings. The van der Waals surface area contributed by atoms with Crippen molar-refractivity contribution >= 4 is 39.5 Å². The highest BCUT2D eigenvalue weighted by Gasteiger charge is 2.09. The molecule has 1 nitrogen and oxygen atoms in total. The summed E-state index contributed by atoms with van der Waals surface area (Å²) >= 11 is 3.31. The Morgan fingerprint density at radius 1 is 1.38 bits per heavy atom. The summed E-state index contributed by atoms with van der Waals surface area (Å²) in [4.78, 5) is 10.9. The molecule has 0 saturated carbocycles. The van der Waals surface area contributed by atoms with Gasteiger partial charge in [0.05, 0.1) is 4.21 Å². The molecule has 0 saturated heterocycles. The van der Waals surface area contributed by atoms with Crippen LogP contribution in [0.4, 0.5) is 0 Å². The molecule has 13 heavy (non-hydrogen) atoms. The van der Waals surface area contributed by atoms with Gasteiger partial charge in [-0.05, 0) is 12.3 Å². The lowest BCUT2D eigenvalue weighted by molar-refractivity contribution is 0.112. The predicted molar refractivity (Wildman–Crippen MR) is 59.0 cm³/mol. The van der Waals surface area contributed by atoms with Gasteiger partial charge in [-0.15, -0.1) is 23.1 Å². The molecule has 3 heteroatoms. The summed E-state index contributed by atoms with van der Waals surface area (Å²) in [6.45, 7) is 0. The van der Waals surface area contributed by atoms with Gasteiger partial charge in [0.2, 0.25) is 0 Å². The van der Waals surface area contributed by atoms with Crippen molar-refractivity contribution in [1.82, 2.24) is 0 Å². The SMILES string of the molecule is CSc1sc2ccccc2c1C=O. The van der Waals surface area contributed by atoms with Crippen molar-refractivity contribution in [3.05, 3.63) is 29.8 Å². The van der Waals surface area contributed by atoms with Gasteiger partial charge in [0.25, 0.3) is 0 Å². The minimum Gasteiger partial charge on any atom is -0.298 e. The predicted octanol–water partition coefficient (Wildman–Crippen LogP) is 3.44. The van der Waals surface area contributed by atoms with Crippen LogP contribution in [0.15, 0.2) is 28.5 Å². The molecule has 0 bridgehead atoms. The van der Waals surface area contributed by atoms with Crippen molar-refractivity contribution in [2.45, 2.75) is 4.21 Å². The van der Waals surface area contributed by atoms with Gasteiger partial charge in [0, 0.05) is 15.6 Å². The van der Waals surface area contributed by atoms with E-state index in [1.165, 1.54) is 4.70 Å². The Balaban J connectivity index is 2.81. The smallest absolute Gasteiger partial charge is 0.152 e. The van der Waals surface area contributed by atoms with Crippen molar-refractivity contribution < 1.29 is 4.79 Å². The van der Waals surface area contributed by atoms with Gasteiger partial charge >= 0.3 is 0 Å². The third-order valence-electron chi connectivity index (χ3n) is 1.90. The fraction of sp³-hybridized carbons (Fsp3) is 0.100. The third-order valence-corrected chi connectivity index (χ3v) is 4.22. The average Bonchev–Trinajstić information content (AvgIpc) is 2.55. The van der Waals surface area contributed by atoms with Gasteiger partial charge in [-0.3, -0.25) is 4.79 Å². The zero-order valence-electron chi connectivity index (χ0n) is 7.11. The topological polar surface area (TPSA) is 17.1 Å². The molecule has 66 valence electrons. The normalized spacial score (nSPS) is 10.5. The van der Waals surface area contributed by atoms with Crippen molar-refractivity contribution in [3.63, 3.8) is 0 Å². The molecule has 1 aromatic heterocycles. The highest BCUT2D eigenvalue weighted by molar-refractivity contribution is 8.00. The largest absolute Gasteiger partial charge is 0.298 e. The number of rotatable bonds is 2. The van der Waals surface area contributed by atoms with E-state index in [2.05, 4.69) is 0 Å². The molecule has 0 spiro atoms. The van der Waals surface area contributed by atoms with Crippen molar-refractivity contribution in [1.29, 1.82) is 0 Å². The Morgan fingerprint density at radius 2 is 2.15 bits per heavy atom. The van der Waals surface area contributed by atoms with Crippen LogP contribution in [0.3, 0.4) is 0 Å². The van der Waals surface area contributed by atoms with Crippen LogP contribution in [0, 0.1) is 0 Å². The Labute approximate surface area is 84.8 Å². The molecular formula is C10H8OS2. The molecule has 2 rings (SSSR count). The van der Waals surface area contributed by atoms with Gasteiger partial charge in [-0.1, -0.05) is 18.2 Å². The maximum atomic E-state index is 10.9. The zero-order chi connectivity index (χ0) is 9.26. The van der Waals surface area contributed by atoms with E-state index in [9.17, 15) is 4.79 Å². The van der Waals surface area contributed by atoms with Crippen LogP contribution in [0.2, 0.25) is 0 Å². The summed E-state index contributed by atoms with van der Waals surface area (Å²) in [7, 11) is 0. The van der Waals surface area contributed by atoms with Crippen LogP contribution < -0.4 is 0 Å². The van der Waals surface area contributed by atoms with Crippen molar-refractivity contribution in [2.24, 2.45) is 0 Å². The summed E-state index contributed by atoms with van der Waals surface area (Å²) in [6.07, 6.45) is 2.95. The molecule has 0 aliphatic carbocycles. The highest BCUT2D eigenvalue weighted by Crippen LogP contribution is 2.35. The maximum absolute atomic E-state index is 10.9. The van der Waals surface area contributed by atoms with E-state index in [-0.39, 0.29) is 0 Å². The number of hydrogen-bond acceptors (Lipinski definition) is 3. The number of thiophene rings is 1. The molecule has 1 aromatic carbocycles. The second-order valence-electron chi connectivity index (χ2n) is 2.62. The van der Waals surface area contributed by atoms with Gasteiger partial charge in [-0.25, -0.2) is 0 Å². The lowest BCUT2D eigenvalue weighted by atomic mass is 10.2. The van der Waals surface area contributed by atoms with Gasteiger partial charge in [-0.2, -0.15) is 0 Å². The summed E-state index contributed by atoms with van der Waals surface area (Å²) in [5.41, 5.74) is 0.841. The molecule has 0 amide bonds. The molecule has 0 fully saturated rings. The minimum absolute atomic E-state index is 0.841. The highest BCUT2D eigenvalue weighted by atomic mass is 32.2. The first-order chi connectivity index (χ1) is 6.36. The Hall–Kier alpha value is -0.800. The summed E-state index contributed by atoms with van der Waals surface area (Å²) in [5.74, 6) is 0. The Kier molecular flexibility index (Phi) is 2.38. The number of aldehydes is 1. The van der Waals surface area contributed by atoms with E-state index < -0.39 is 0 Å². The van der Waals surface area contributed by atoms with Crippen LogP contribution in [0.5, 0.6) is 0 Å². The number of carbonyl (C=O) groups excluding carboxylic acids is 1. The number of thioether (sulfide) groups is 1. The third kappa shape index (κ3) is 1.38. The lowest BCUT2D eigenvalue weighted by Gasteiger charge is -1.89. The van der Waals surface area contributed by atoms with E-state index in [0.717, 1.165) is 21.4 Å². The minimum atomic E-state index is 0.841. The Bertz CT molecular complexity index is 445. The molecule has 0 N–H and O–H groups in total. The molecule has 0 aliphatic heterocycles. The van der Waals surface area contributed by atoms with Crippen molar-refractivity contribution in [2.75, 3.05) is 6.26 Å². The standard InChI is InChI=1S/C10H8OS2/c1-12-10-8(6-11)7-4-2-3-5-9(7)13-10/h2-6H,1H3. The van der Waals surface area contributed by atoms with E-state index in [0.29, 0.717) is 0 Å². The monoisotopic (exact) mass is 208 g/mol. The fourth-order valence-corrected chi connectivity index (χ4v) is 3.19. The summed E-state index contributed by atoms with van der Waals surface area (Å²) in [6, 6.07) is 8.01. The Morgan fingerprint density at radius 3 is 2.85 bits per heavy atom. The molecular weight excluding hydrogens is 200 g/mol. The quantitative estimate of drug-likeness (QED) is 0.555. The van der Waals surface area contributed by atoms with Crippen LogP contribution in [-0.4, -0.2) is 12.5 Å².